The van der Waals surface area contributed by atoms with E-state index in [0.29, 0.717) is 17.5 Å². The highest BCUT2D eigenvalue weighted by Crippen LogP contribution is 2.46. The Bertz CT molecular complexity index is 2440. The van der Waals surface area contributed by atoms with Gasteiger partial charge in [0.1, 0.15) is 11.2 Å². The molecule has 0 saturated heterocycles. The predicted octanol–water partition coefficient (Wildman–Crippen LogP) is 10.2. The predicted molar refractivity (Wildman–Crippen MR) is 176 cm³/mol. The number of fused-ring (bicyclic) bond motifs is 9. The second-order valence-corrected chi connectivity index (χ2v) is 10.8. The number of hydrogen-bond acceptors (Lipinski definition) is 4. The third-order valence-corrected chi connectivity index (χ3v) is 8.29. The molecular formula is C39H23N3O. The Morgan fingerprint density at radius 2 is 0.814 bits per heavy atom. The van der Waals surface area contributed by atoms with Gasteiger partial charge >= 0.3 is 0 Å². The Kier molecular flexibility index (Phi) is 5.16. The van der Waals surface area contributed by atoms with E-state index in [-0.39, 0.29) is 0 Å². The minimum Gasteiger partial charge on any atom is -0.456 e. The van der Waals surface area contributed by atoms with Gasteiger partial charge in [-0.3, -0.25) is 0 Å². The Labute approximate surface area is 246 Å². The topological polar surface area (TPSA) is 51.8 Å². The molecule has 9 aromatic rings. The number of hydrogen-bond donors (Lipinski definition) is 0. The normalized spacial score (nSPS) is 11.7. The van der Waals surface area contributed by atoms with Crippen LogP contribution in [0.1, 0.15) is 0 Å². The molecule has 2 aromatic heterocycles. The van der Waals surface area contributed by atoms with Gasteiger partial charge in [-0.2, -0.15) is 0 Å². The number of para-hydroxylation sites is 1. The standard InChI is InChI=1S/C39H23N3O/c1-3-13-24(14-4-1)37-40-38(25-15-5-2-6-16-25)42-39(41-37)36-34-29-20-10-9-18-27(29)26-17-7-8-19-28(26)31(34)23-33-35(36)30-21-11-12-22-32(30)43-33/h1-23H. The summed E-state index contributed by atoms with van der Waals surface area (Å²) in [5, 5.41) is 8.98. The molecule has 0 aliphatic rings. The molecule has 7 aromatic carbocycles. The van der Waals surface area contributed by atoms with Crippen LogP contribution in [0.3, 0.4) is 0 Å². The molecule has 2 heterocycles. The highest BCUT2D eigenvalue weighted by Gasteiger charge is 2.23. The summed E-state index contributed by atoms with van der Waals surface area (Å²) in [6, 6.07) is 47.9. The van der Waals surface area contributed by atoms with Gasteiger partial charge in [0.15, 0.2) is 17.5 Å². The molecule has 0 N–H and O–H groups in total. The zero-order valence-corrected chi connectivity index (χ0v) is 23.0. The maximum Gasteiger partial charge on any atom is 0.165 e. The van der Waals surface area contributed by atoms with Crippen LogP contribution in [0.25, 0.3) is 88.4 Å². The van der Waals surface area contributed by atoms with Crippen molar-refractivity contribution in [1.29, 1.82) is 0 Å². The van der Waals surface area contributed by atoms with Crippen molar-refractivity contribution in [2.75, 3.05) is 0 Å². The van der Waals surface area contributed by atoms with Crippen LogP contribution in [0.2, 0.25) is 0 Å². The molecule has 200 valence electrons. The highest BCUT2D eigenvalue weighted by molar-refractivity contribution is 6.33. The first kappa shape index (κ1) is 23.8. The van der Waals surface area contributed by atoms with E-state index in [9.17, 15) is 0 Å². The monoisotopic (exact) mass is 549 g/mol. The minimum atomic E-state index is 0.621. The van der Waals surface area contributed by atoms with Crippen LogP contribution in [-0.4, -0.2) is 15.0 Å². The molecule has 0 bridgehead atoms. The van der Waals surface area contributed by atoms with Crippen molar-refractivity contribution >= 4 is 54.3 Å². The molecule has 0 saturated carbocycles. The summed E-state index contributed by atoms with van der Waals surface area (Å²) < 4.78 is 6.54. The van der Waals surface area contributed by atoms with Crippen molar-refractivity contribution in [3.8, 4) is 34.2 Å². The van der Waals surface area contributed by atoms with Crippen LogP contribution < -0.4 is 0 Å². The highest BCUT2D eigenvalue weighted by atomic mass is 16.3. The molecule has 0 aliphatic heterocycles. The summed E-state index contributed by atoms with van der Waals surface area (Å²) in [5.74, 6) is 1.88. The average molecular weight is 550 g/mol. The third-order valence-electron chi connectivity index (χ3n) is 8.29. The zero-order valence-electron chi connectivity index (χ0n) is 23.0. The smallest absolute Gasteiger partial charge is 0.165 e. The van der Waals surface area contributed by atoms with E-state index in [1.165, 1.54) is 16.2 Å². The van der Waals surface area contributed by atoms with Gasteiger partial charge in [-0.15, -0.1) is 0 Å². The van der Waals surface area contributed by atoms with E-state index >= 15 is 0 Å². The lowest BCUT2D eigenvalue weighted by Gasteiger charge is -2.16. The molecule has 4 nitrogen and oxygen atoms in total. The SMILES string of the molecule is c1ccc(-c2nc(-c3ccccc3)nc(-c3c4c(cc5c6ccccc6c6ccccc6c35)oc3ccccc34)n2)cc1. The molecule has 0 radical (unpaired) electrons. The van der Waals surface area contributed by atoms with Gasteiger partial charge in [0.25, 0.3) is 0 Å². The lowest BCUT2D eigenvalue weighted by Crippen LogP contribution is -2.01. The molecule has 0 aliphatic carbocycles. The van der Waals surface area contributed by atoms with Gasteiger partial charge in [0, 0.05) is 32.8 Å². The van der Waals surface area contributed by atoms with Crippen LogP contribution in [0.5, 0.6) is 0 Å². The number of nitrogens with zero attached hydrogens (tertiary/aromatic N) is 3. The van der Waals surface area contributed by atoms with Crippen molar-refractivity contribution in [3.05, 3.63) is 140 Å². The van der Waals surface area contributed by atoms with Gasteiger partial charge in [-0.1, -0.05) is 127 Å². The quantitative estimate of drug-likeness (QED) is 0.206. The van der Waals surface area contributed by atoms with Crippen LogP contribution >= 0.6 is 0 Å². The first-order valence-corrected chi connectivity index (χ1v) is 14.4. The Morgan fingerprint density at radius 1 is 0.349 bits per heavy atom. The number of rotatable bonds is 3. The van der Waals surface area contributed by atoms with Crippen molar-refractivity contribution in [2.24, 2.45) is 0 Å². The molecule has 0 atom stereocenters. The van der Waals surface area contributed by atoms with E-state index in [1.807, 2.05) is 72.8 Å². The fourth-order valence-electron chi connectivity index (χ4n) is 6.41. The number of aromatic nitrogens is 3. The Morgan fingerprint density at radius 3 is 1.44 bits per heavy atom. The van der Waals surface area contributed by atoms with Crippen LogP contribution in [-0.2, 0) is 0 Å². The van der Waals surface area contributed by atoms with Gasteiger partial charge in [0.2, 0.25) is 0 Å². The average Bonchev–Trinajstić information content (AvgIpc) is 3.46. The van der Waals surface area contributed by atoms with Gasteiger partial charge in [0.05, 0.1) is 0 Å². The van der Waals surface area contributed by atoms with Gasteiger partial charge < -0.3 is 4.42 Å². The third kappa shape index (κ3) is 3.67. The maximum atomic E-state index is 6.54. The first-order valence-electron chi connectivity index (χ1n) is 14.4. The molecule has 0 amide bonds. The molecule has 0 unspecified atom stereocenters. The summed E-state index contributed by atoms with van der Waals surface area (Å²) in [6.45, 7) is 0. The fourth-order valence-corrected chi connectivity index (χ4v) is 6.41. The van der Waals surface area contributed by atoms with Crippen LogP contribution in [0.15, 0.2) is 144 Å². The Balaban J connectivity index is 1.53. The van der Waals surface area contributed by atoms with Crippen molar-refractivity contribution in [1.82, 2.24) is 15.0 Å². The van der Waals surface area contributed by atoms with Crippen molar-refractivity contribution < 1.29 is 4.42 Å². The second kappa shape index (κ2) is 9.33. The van der Waals surface area contributed by atoms with Gasteiger partial charge in [-0.05, 0) is 39.1 Å². The number of furan rings is 1. The van der Waals surface area contributed by atoms with Crippen molar-refractivity contribution in [2.45, 2.75) is 0 Å². The van der Waals surface area contributed by atoms with E-state index in [4.69, 9.17) is 19.4 Å². The molecular weight excluding hydrogens is 526 g/mol. The maximum absolute atomic E-state index is 6.54. The van der Waals surface area contributed by atoms with E-state index < -0.39 is 0 Å². The van der Waals surface area contributed by atoms with Crippen LogP contribution in [0, 0.1) is 0 Å². The lowest BCUT2D eigenvalue weighted by atomic mass is 9.89. The van der Waals surface area contributed by atoms with E-state index in [1.54, 1.807) is 0 Å². The second-order valence-electron chi connectivity index (χ2n) is 10.8. The van der Waals surface area contributed by atoms with Gasteiger partial charge in [-0.25, -0.2) is 15.0 Å². The largest absolute Gasteiger partial charge is 0.456 e. The first-order chi connectivity index (χ1) is 21.3. The molecule has 43 heavy (non-hydrogen) atoms. The fraction of sp³-hybridized carbons (Fsp3) is 0. The summed E-state index contributed by atoms with van der Waals surface area (Å²) in [7, 11) is 0. The van der Waals surface area contributed by atoms with Crippen molar-refractivity contribution in [3.63, 3.8) is 0 Å². The Hall–Kier alpha value is -5.87. The minimum absolute atomic E-state index is 0.621. The molecule has 0 spiro atoms. The summed E-state index contributed by atoms with van der Waals surface area (Å²) >= 11 is 0. The number of benzene rings is 7. The van der Waals surface area contributed by atoms with E-state index in [2.05, 4.69) is 66.7 Å². The summed E-state index contributed by atoms with van der Waals surface area (Å²) in [4.78, 5) is 15.4. The summed E-state index contributed by atoms with van der Waals surface area (Å²) in [6.07, 6.45) is 0. The zero-order chi connectivity index (χ0) is 28.3. The lowest BCUT2D eigenvalue weighted by molar-refractivity contribution is 0.669. The summed E-state index contributed by atoms with van der Waals surface area (Å²) in [5.41, 5.74) is 4.48. The molecule has 4 heteroatoms. The van der Waals surface area contributed by atoms with Crippen LogP contribution in [0.4, 0.5) is 0 Å². The molecule has 9 rings (SSSR count). The van der Waals surface area contributed by atoms with E-state index in [0.717, 1.165) is 54.8 Å². The molecule has 0 fully saturated rings.